The Morgan fingerprint density at radius 1 is 0.923 bits per heavy atom. The van der Waals surface area contributed by atoms with Gasteiger partial charge in [-0.3, -0.25) is 9.69 Å². The highest BCUT2D eigenvalue weighted by atomic mass is 16.3. The minimum atomic E-state index is -0.0584. The Kier molecular flexibility index (Phi) is 4.80. The quantitative estimate of drug-likeness (QED) is 0.727. The third kappa shape index (κ3) is 3.53. The summed E-state index contributed by atoms with van der Waals surface area (Å²) in [5.41, 5.74) is 2.57. The molecule has 1 aromatic heterocycles. The minimum absolute atomic E-state index is 0.0584. The van der Waals surface area contributed by atoms with Gasteiger partial charge in [0.1, 0.15) is 0 Å². The maximum absolute atomic E-state index is 12.9. The molecular weight excluding hydrogens is 326 g/mol. The van der Waals surface area contributed by atoms with Crippen LogP contribution >= 0.6 is 0 Å². The predicted molar refractivity (Wildman–Crippen MR) is 99.6 cm³/mol. The molecule has 5 nitrogen and oxygen atoms in total. The summed E-state index contributed by atoms with van der Waals surface area (Å²) in [4.78, 5) is 21.3. The Hall–Kier alpha value is -2.92. The number of oxazole rings is 1. The van der Waals surface area contributed by atoms with Gasteiger partial charge < -0.3 is 9.32 Å². The third-order valence-electron chi connectivity index (χ3n) is 4.71. The first-order valence-electron chi connectivity index (χ1n) is 8.86. The van der Waals surface area contributed by atoms with Crippen molar-refractivity contribution in [3.05, 3.63) is 78.3 Å². The van der Waals surface area contributed by atoms with Gasteiger partial charge in [-0.2, -0.15) is 0 Å². The fraction of sp³-hybridized carbons (Fsp3) is 0.238. The van der Waals surface area contributed by atoms with E-state index in [1.807, 2.05) is 41.3 Å². The second-order valence-corrected chi connectivity index (χ2v) is 6.45. The van der Waals surface area contributed by atoms with Crippen LogP contribution in [0.5, 0.6) is 0 Å². The van der Waals surface area contributed by atoms with Crippen molar-refractivity contribution in [3.8, 4) is 11.3 Å². The number of benzene rings is 2. The molecule has 0 aliphatic carbocycles. The third-order valence-corrected chi connectivity index (χ3v) is 4.71. The molecule has 0 spiro atoms. The van der Waals surface area contributed by atoms with Gasteiger partial charge in [0.05, 0.1) is 0 Å². The molecule has 4 rings (SSSR count). The van der Waals surface area contributed by atoms with Crippen molar-refractivity contribution < 1.29 is 9.21 Å². The van der Waals surface area contributed by atoms with Crippen LogP contribution in [-0.2, 0) is 6.54 Å². The van der Waals surface area contributed by atoms with Crippen LogP contribution in [0.3, 0.4) is 0 Å². The van der Waals surface area contributed by atoms with Gasteiger partial charge in [0.25, 0.3) is 5.91 Å². The molecular formula is C21H21N3O2. The van der Waals surface area contributed by atoms with Crippen LogP contribution in [0, 0.1) is 0 Å². The molecule has 0 unspecified atom stereocenters. The predicted octanol–water partition coefficient (Wildman–Crippen LogP) is 3.30. The lowest BCUT2D eigenvalue weighted by molar-refractivity contribution is 0.0623. The molecule has 0 radical (unpaired) electrons. The zero-order valence-corrected chi connectivity index (χ0v) is 14.5. The normalized spacial score (nSPS) is 15.2. The molecule has 3 aromatic rings. The Labute approximate surface area is 152 Å². The van der Waals surface area contributed by atoms with E-state index in [0.717, 1.165) is 25.2 Å². The number of amides is 1. The van der Waals surface area contributed by atoms with E-state index in [0.29, 0.717) is 24.5 Å². The van der Waals surface area contributed by atoms with Crippen LogP contribution in [0.4, 0.5) is 0 Å². The molecule has 1 amide bonds. The monoisotopic (exact) mass is 347 g/mol. The largest absolute Gasteiger partial charge is 0.443 e. The van der Waals surface area contributed by atoms with E-state index in [-0.39, 0.29) is 5.91 Å². The molecule has 0 saturated carbocycles. The molecule has 0 bridgehead atoms. The number of aromatic nitrogens is 1. The summed E-state index contributed by atoms with van der Waals surface area (Å²) in [5, 5.41) is 0. The van der Waals surface area contributed by atoms with Crippen LogP contribution < -0.4 is 0 Å². The van der Waals surface area contributed by atoms with E-state index in [4.69, 9.17) is 4.42 Å². The fourth-order valence-corrected chi connectivity index (χ4v) is 3.29. The van der Waals surface area contributed by atoms with Crippen molar-refractivity contribution in [3.63, 3.8) is 0 Å². The van der Waals surface area contributed by atoms with E-state index in [9.17, 15) is 4.79 Å². The molecule has 2 heterocycles. The van der Waals surface area contributed by atoms with E-state index in [2.05, 4.69) is 34.1 Å². The van der Waals surface area contributed by atoms with Crippen molar-refractivity contribution >= 4 is 5.91 Å². The maximum atomic E-state index is 12.9. The number of nitrogens with zero attached hydrogens (tertiary/aromatic N) is 3. The Morgan fingerprint density at radius 2 is 1.58 bits per heavy atom. The van der Waals surface area contributed by atoms with Gasteiger partial charge in [0.15, 0.2) is 17.8 Å². The summed E-state index contributed by atoms with van der Waals surface area (Å²) in [6.07, 6.45) is 1.35. The van der Waals surface area contributed by atoms with Gasteiger partial charge in [-0.05, 0) is 5.56 Å². The van der Waals surface area contributed by atoms with Gasteiger partial charge in [-0.25, -0.2) is 4.98 Å². The zero-order valence-electron chi connectivity index (χ0n) is 14.5. The summed E-state index contributed by atoms with van der Waals surface area (Å²) in [5.74, 6) is 0.485. The average molecular weight is 347 g/mol. The number of carbonyl (C=O) groups is 1. The summed E-state index contributed by atoms with van der Waals surface area (Å²) >= 11 is 0. The standard InChI is InChI=1S/C21H21N3O2/c25-21(19-20(26-16-22-19)18-9-5-2-6-10-18)24-13-11-23(12-14-24)15-17-7-3-1-4-8-17/h1-10,16H,11-15H2. The number of carbonyl (C=O) groups excluding carboxylic acids is 1. The number of piperazine rings is 1. The molecule has 1 aliphatic heterocycles. The SMILES string of the molecule is O=C(c1ncoc1-c1ccccc1)N1CCN(Cc2ccccc2)CC1. The van der Waals surface area contributed by atoms with Crippen molar-refractivity contribution in [1.82, 2.24) is 14.8 Å². The molecule has 5 heteroatoms. The van der Waals surface area contributed by atoms with Crippen molar-refractivity contribution in [1.29, 1.82) is 0 Å². The summed E-state index contributed by atoms with van der Waals surface area (Å²) in [6.45, 7) is 4.04. The highest BCUT2D eigenvalue weighted by Crippen LogP contribution is 2.24. The van der Waals surface area contributed by atoms with Crippen LogP contribution in [0.15, 0.2) is 71.5 Å². The highest BCUT2D eigenvalue weighted by molar-refractivity contribution is 5.97. The molecule has 1 saturated heterocycles. The van der Waals surface area contributed by atoms with Gasteiger partial charge >= 0.3 is 0 Å². The smallest absolute Gasteiger partial charge is 0.276 e. The number of hydrogen-bond acceptors (Lipinski definition) is 4. The Bertz CT molecular complexity index is 853. The van der Waals surface area contributed by atoms with Crippen LogP contribution in [0.1, 0.15) is 16.1 Å². The topological polar surface area (TPSA) is 49.6 Å². The first-order chi connectivity index (χ1) is 12.8. The molecule has 1 aliphatic rings. The fourth-order valence-electron chi connectivity index (χ4n) is 3.29. The molecule has 132 valence electrons. The second-order valence-electron chi connectivity index (χ2n) is 6.45. The molecule has 2 aromatic carbocycles. The summed E-state index contributed by atoms with van der Waals surface area (Å²) in [6, 6.07) is 20.1. The van der Waals surface area contributed by atoms with E-state index >= 15 is 0 Å². The molecule has 26 heavy (non-hydrogen) atoms. The minimum Gasteiger partial charge on any atom is -0.443 e. The van der Waals surface area contributed by atoms with Crippen molar-refractivity contribution in [2.75, 3.05) is 26.2 Å². The van der Waals surface area contributed by atoms with E-state index < -0.39 is 0 Å². The van der Waals surface area contributed by atoms with Gasteiger partial charge in [0, 0.05) is 38.3 Å². The molecule has 0 atom stereocenters. The highest BCUT2D eigenvalue weighted by Gasteiger charge is 2.26. The first-order valence-corrected chi connectivity index (χ1v) is 8.86. The molecule has 1 fully saturated rings. The zero-order chi connectivity index (χ0) is 17.8. The van der Waals surface area contributed by atoms with E-state index in [1.165, 1.54) is 12.0 Å². The summed E-state index contributed by atoms with van der Waals surface area (Å²) in [7, 11) is 0. The summed E-state index contributed by atoms with van der Waals surface area (Å²) < 4.78 is 5.49. The number of hydrogen-bond donors (Lipinski definition) is 0. The lowest BCUT2D eigenvalue weighted by Crippen LogP contribution is -2.48. The average Bonchev–Trinajstić information content (AvgIpc) is 3.19. The molecule has 0 N–H and O–H groups in total. The van der Waals surface area contributed by atoms with Crippen LogP contribution in [-0.4, -0.2) is 46.9 Å². The second kappa shape index (κ2) is 7.54. The Morgan fingerprint density at radius 3 is 2.27 bits per heavy atom. The van der Waals surface area contributed by atoms with Gasteiger partial charge in [-0.1, -0.05) is 60.7 Å². The van der Waals surface area contributed by atoms with E-state index in [1.54, 1.807) is 0 Å². The van der Waals surface area contributed by atoms with Crippen molar-refractivity contribution in [2.24, 2.45) is 0 Å². The first kappa shape index (κ1) is 16.5. The maximum Gasteiger partial charge on any atom is 0.276 e. The van der Waals surface area contributed by atoms with Gasteiger partial charge in [0.2, 0.25) is 0 Å². The van der Waals surface area contributed by atoms with Crippen molar-refractivity contribution in [2.45, 2.75) is 6.54 Å². The lowest BCUT2D eigenvalue weighted by Gasteiger charge is -2.34. The van der Waals surface area contributed by atoms with Gasteiger partial charge in [-0.15, -0.1) is 0 Å². The van der Waals surface area contributed by atoms with Crippen LogP contribution in [0.25, 0.3) is 11.3 Å². The Balaban J connectivity index is 1.41. The van der Waals surface area contributed by atoms with Crippen LogP contribution in [0.2, 0.25) is 0 Å². The lowest BCUT2D eigenvalue weighted by atomic mass is 10.1. The number of rotatable bonds is 4.